The molecule has 2 amide bonds. The van der Waals surface area contributed by atoms with Crippen LogP contribution in [0.3, 0.4) is 0 Å². The zero-order valence-corrected chi connectivity index (χ0v) is 14.2. The Morgan fingerprint density at radius 3 is 2.83 bits per heavy atom. The number of nitrogens with zero attached hydrogens (tertiary/aromatic N) is 1. The molecular weight excluding hydrogens is 304 g/mol. The topological polar surface area (TPSA) is 62.6 Å². The molecule has 0 spiro atoms. The molecular formula is C19H22N2O3. The highest BCUT2D eigenvalue weighted by Gasteiger charge is 2.31. The van der Waals surface area contributed by atoms with Crippen molar-refractivity contribution in [2.75, 3.05) is 13.1 Å². The minimum Gasteiger partial charge on any atom is -0.451 e. The smallest absolute Gasteiger partial charge is 0.290 e. The summed E-state index contributed by atoms with van der Waals surface area (Å²) in [6.45, 7) is 6.96. The van der Waals surface area contributed by atoms with E-state index in [4.69, 9.17) is 4.42 Å². The van der Waals surface area contributed by atoms with Crippen LogP contribution in [0.5, 0.6) is 0 Å². The molecule has 24 heavy (non-hydrogen) atoms. The van der Waals surface area contributed by atoms with Crippen molar-refractivity contribution in [3.63, 3.8) is 0 Å². The normalized spacial score (nSPS) is 17.9. The molecule has 1 saturated heterocycles. The predicted octanol–water partition coefficient (Wildman–Crippen LogP) is 3.03. The maximum atomic E-state index is 12.6. The summed E-state index contributed by atoms with van der Waals surface area (Å²) in [6, 6.07) is 11.1. The number of hydrogen-bond donors (Lipinski definition) is 1. The molecule has 1 aromatic carbocycles. The van der Waals surface area contributed by atoms with E-state index in [0.717, 1.165) is 5.56 Å². The molecule has 0 aliphatic carbocycles. The molecule has 1 atom stereocenters. The van der Waals surface area contributed by atoms with Crippen molar-refractivity contribution >= 4 is 11.8 Å². The van der Waals surface area contributed by atoms with Crippen LogP contribution in [0.25, 0.3) is 11.3 Å². The van der Waals surface area contributed by atoms with Crippen LogP contribution < -0.4 is 5.32 Å². The van der Waals surface area contributed by atoms with Gasteiger partial charge < -0.3 is 14.6 Å². The molecule has 2 heterocycles. The van der Waals surface area contributed by atoms with Gasteiger partial charge in [-0.3, -0.25) is 9.59 Å². The Labute approximate surface area is 141 Å². The van der Waals surface area contributed by atoms with Crippen molar-refractivity contribution in [1.82, 2.24) is 10.2 Å². The van der Waals surface area contributed by atoms with E-state index in [9.17, 15) is 9.59 Å². The number of nitrogens with one attached hydrogen (secondary N) is 1. The SMILES string of the molecule is CC(C)c1cccc(-c2ccc(C(=O)N3CCNC(=O)[C@@H]3C)o2)c1. The van der Waals surface area contributed by atoms with Gasteiger partial charge in [0.05, 0.1) is 0 Å². The van der Waals surface area contributed by atoms with Crippen LogP contribution in [0.1, 0.15) is 42.8 Å². The van der Waals surface area contributed by atoms with E-state index in [1.807, 2.05) is 12.1 Å². The fraction of sp³-hybridized carbons (Fsp3) is 0.368. The molecule has 5 nitrogen and oxygen atoms in total. The fourth-order valence-electron chi connectivity index (χ4n) is 2.86. The van der Waals surface area contributed by atoms with Crippen LogP contribution in [-0.4, -0.2) is 35.8 Å². The average Bonchev–Trinajstić information content (AvgIpc) is 3.07. The predicted molar refractivity (Wildman–Crippen MR) is 91.7 cm³/mol. The first-order valence-corrected chi connectivity index (χ1v) is 8.26. The van der Waals surface area contributed by atoms with Gasteiger partial charge in [-0.05, 0) is 36.6 Å². The number of amides is 2. The molecule has 1 aliphatic rings. The number of hydrogen-bond acceptors (Lipinski definition) is 3. The maximum Gasteiger partial charge on any atom is 0.290 e. The van der Waals surface area contributed by atoms with Crippen LogP contribution >= 0.6 is 0 Å². The molecule has 1 fully saturated rings. The molecule has 126 valence electrons. The molecule has 0 saturated carbocycles. The van der Waals surface area contributed by atoms with E-state index in [1.54, 1.807) is 24.0 Å². The van der Waals surface area contributed by atoms with Crippen molar-refractivity contribution in [3.05, 3.63) is 47.7 Å². The standard InChI is InChI=1S/C19H22N2O3/c1-12(2)14-5-4-6-15(11-14)16-7-8-17(24-16)19(23)21-10-9-20-18(22)13(21)3/h4-8,11-13H,9-10H2,1-3H3,(H,20,22)/t13-/m0/s1. The molecule has 3 rings (SSSR count). The van der Waals surface area contributed by atoms with Crippen LogP contribution in [0, 0.1) is 0 Å². The highest BCUT2D eigenvalue weighted by molar-refractivity contribution is 5.96. The molecule has 0 unspecified atom stereocenters. The molecule has 2 aromatic rings. The summed E-state index contributed by atoms with van der Waals surface area (Å²) in [4.78, 5) is 25.9. The van der Waals surface area contributed by atoms with E-state index < -0.39 is 6.04 Å². The van der Waals surface area contributed by atoms with Crippen molar-refractivity contribution in [2.45, 2.75) is 32.7 Å². The largest absolute Gasteiger partial charge is 0.451 e. The van der Waals surface area contributed by atoms with Gasteiger partial charge in [0.2, 0.25) is 5.91 Å². The van der Waals surface area contributed by atoms with Gasteiger partial charge in [0.1, 0.15) is 11.8 Å². The van der Waals surface area contributed by atoms with Crippen LogP contribution in [0.2, 0.25) is 0 Å². The van der Waals surface area contributed by atoms with Gasteiger partial charge in [0.15, 0.2) is 5.76 Å². The van der Waals surface area contributed by atoms with E-state index in [0.29, 0.717) is 24.8 Å². The van der Waals surface area contributed by atoms with Crippen molar-refractivity contribution in [2.24, 2.45) is 0 Å². The van der Waals surface area contributed by atoms with Gasteiger partial charge in [-0.2, -0.15) is 0 Å². The fourth-order valence-corrected chi connectivity index (χ4v) is 2.86. The van der Waals surface area contributed by atoms with Crippen LogP contribution in [-0.2, 0) is 4.79 Å². The number of benzene rings is 1. The Bertz CT molecular complexity index is 763. The maximum absolute atomic E-state index is 12.6. The zero-order chi connectivity index (χ0) is 17.3. The Hall–Kier alpha value is -2.56. The third-order valence-electron chi connectivity index (χ3n) is 4.41. The first-order chi connectivity index (χ1) is 11.5. The minimum absolute atomic E-state index is 0.133. The van der Waals surface area contributed by atoms with Gasteiger partial charge >= 0.3 is 0 Å². The Balaban J connectivity index is 1.84. The van der Waals surface area contributed by atoms with Gasteiger partial charge in [-0.1, -0.05) is 32.0 Å². The number of carbonyl (C=O) groups is 2. The summed E-state index contributed by atoms with van der Waals surface area (Å²) in [7, 11) is 0. The molecule has 0 radical (unpaired) electrons. The van der Waals surface area contributed by atoms with Crippen molar-refractivity contribution in [1.29, 1.82) is 0 Å². The molecule has 1 N–H and O–H groups in total. The Kier molecular flexibility index (Phi) is 4.42. The molecule has 0 bridgehead atoms. The second kappa shape index (κ2) is 6.51. The lowest BCUT2D eigenvalue weighted by Gasteiger charge is -2.32. The Morgan fingerprint density at radius 1 is 1.29 bits per heavy atom. The number of rotatable bonds is 3. The van der Waals surface area contributed by atoms with Crippen molar-refractivity contribution < 1.29 is 14.0 Å². The van der Waals surface area contributed by atoms with Gasteiger partial charge in [-0.15, -0.1) is 0 Å². The quantitative estimate of drug-likeness (QED) is 0.943. The second-order valence-electron chi connectivity index (χ2n) is 6.41. The first kappa shape index (κ1) is 16.3. The number of furan rings is 1. The Morgan fingerprint density at radius 2 is 2.08 bits per heavy atom. The lowest BCUT2D eigenvalue weighted by Crippen LogP contribution is -2.55. The first-order valence-electron chi connectivity index (χ1n) is 8.26. The molecule has 1 aromatic heterocycles. The second-order valence-corrected chi connectivity index (χ2v) is 6.41. The molecule has 5 heteroatoms. The lowest BCUT2D eigenvalue weighted by atomic mass is 10.0. The van der Waals surface area contributed by atoms with Crippen LogP contribution in [0.4, 0.5) is 0 Å². The van der Waals surface area contributed by atoms with E-state index in [1.165, 1.54) is 5.56 Å². The summed E-state index contributed by atoms with van der Waals surface area (Å²) in [5.41, 5.74) is 2.17. The summed E-state index contributed by atoms with van der Waals surface area (Å²) in [6.07, 6.45) is 0. The summed E-state index contributed by atoms with van der Waals surface area (Å²) >= 11 is 0. The van der Waals surface area contributed by atoms with Crippen LogP contribution in [0.15, 0.2) is 40.8 Å². The summed E-state index contributed by atoms with van der Waals surface area (Å²) in [5.74, 6) is 0.972. The minimum atomic E-state index is -0.482. The van der Waals surface area contributed by atoms with Gasteiger partial charge in [0, 0.05) is 18.7 Å². The van der Waals surface area contributed by atoms with Crippen molar-refractivity contribution in [3.8, 4) is 11.3 Å². The van der Waals surface area contributed by atoms with E-state index in [-0.39, 0.29) is 17.6 Å². The van der Waals surface area contributed by atoms with Gasteiger partial charge in [-0.25, -0.2) is 0 Å². The highest BCUT2D eigenvalue weighted by Crippen LogP contribution is 2.26. The van der Waals surface area contributed by atoms with Gasteiger partial charge in [0.25, 0.3) is 5.91 Å². The highest BCUT2D eigenvalue weighted by atomic mass is 16.4. The average molecular weight is 326 g/mol. The number of piperazine rings is 1. The molecule has 1 aliphatic heterocycles. The third-order valence-corrected chi connectivity index (χ3v) is 4.41. The zero-order valence-electron chi connectivity index (χ0n) is 14.2. The lowest BCUT2D eigenvalue weighted by molar-refractivity contribution is -0.127. The summed E-state index contributed by atoms with van der Waals surface area (Å²) < 4.78 is 5.78. The third kappa shape index (κ3) is 3.07. The monoisotopic (exact) mass is 326 g/mol. The summed E-state index contributed by atoms with van der Waals surface area (Å²) in [5, 5.41) is 2.75. The van der Waals surface area contributed by atoms with E-state index >= 15 is 0 Å². The van der Waals surface area contributed by atoms with E-state index in [2.05, 4.69) is 31.3 Å². The number of carbonyl (C=O) groups excluding carboxylic acids is 2.